The predicted octanol–water partition coefficient (Wildman–Crippen LogP) is 1.20. The third-order valence-corrected chi connectivity index (χ3v) is 2.47. The molecule has 0 aliphatic carbocycles. The van der Waals surface area contributed by atoms with E-state index < -0.39 is 5.97 Å². The molecule has 5 nitrogen and oxygen atoms in total. The molecule has 1 aromatic rings. The van der Waals surface area contributed by atoms with Gasteiger partial charge in [0.05, 0.1) is 19.1 Å². The van der Waals surface area contributed by atoms with E-state index in [1.807, 2.05) is 0 Å². The number of rotatable bonds is 5. The van der Waals surface area contributed by atoms with E-state index in [1.54, 1.807) is 18.2 Å². The van der Waals surface area contributed by atoms with Crippen LogP contribution in [0.3, 0.4) is 0 Å². The highest BCUT2D eigenvalue weighted by Crippen LogP contribution is 2.19. The van der Waals surface area contributed by atoms with Crippen molar-refractivity contribution in [3.63, 3.8) is 0 Å². The molecule has 20 heavy (non-hydrogen) atoms. The molecule has 106 valence electrons. The lowest BCUT2D eigenvalue weighted by Gasteiger charge is -2.05. The summed E-state index contributed by atoms with van der Waals surface area (Å²) in [5, 5.41) is 11.4. The maximum Gasteiger partial charge on any atom is 0.307 e. The van der Waals surface area contributed by atoms with Crippen LogP contribution in [0.5, 0.6) is 5.75 Å². The first-order valence-corrected chi connectivity index (χ1v) is 6.15. The van der Waals surface area contributed by atoms with Gasteiger partial charge in [0, 0.05) is 19.9 Å². The minimum atomic E-state index is -0.889. The Kier molecular flexibility index (Phi) is 6.11. The Hall–Kier alpha value is -2.48. The molecule has 0 aromatic heterocycles. The smallest absolute Gasteiger partial charge is 0.307 e. The van der Waals surface area contributed by atoms with Crippen molar-refractivity contribution in [1.29, 1.82) is 0 Å². The third-order valence-electron chi connectivity index (χ3n) is 2.47. The first kappa shape index (κ1) is 15.6. The number of nitrogens with one attached hydrogen (secondary N) is 1. The second kappa shape index (κ2) is 7.85. The molecule has 0 saturated heterocycles. The van der Waals surface area contributed by atoms with Gasteiger partial charge in [0.1, 0.15) is 5.75 Å². The summed E-state index contributed by atoms with van der Waals surface area (Å²) < 4.78 is 5.18. The molecule has 0 aliphatic heterocycles. The largest absolute Gasteiger partial charge is 0.495 e. The lowest BCUT2D eigenvalue weighted by atomic mass is 10.1. The molecule has 2 N–H and O–H groups in total. The van der Waals surface area contributed by atoms with Gasteiger partial charge in [0.2, 0.25) is 5.91 Å². The van der Waals surface area contributed by atoms with Gasteiger partial charge in [-0.05, 0) is 17.7 Å². The van der Waals surface area contributed by atoms with E-state index in [4.69, 9.17) is 9.84 Å². The number of methoxy groups -OCH3 is 1. The number of carboxylic acid groups (broad SMARTS) is 1. The van der Waals surface area contributed by atoms with Crippen LogP contribution in [0.15, 0.2) is 18.2 Å². The van der Waals surface area contributed by atoms with Crippen LogP contribution in [0, 0.1) is 11.8 Å². The Bertz CT molecular complexity index is 555. The van der Waals surface area contributed by atoms with Crippen LogP contribution in [-0.2, 0) is 16.0 Å². The Labute approximate surface area is 117 Å². The number of ether oxygens (including phenoxy) is 1. The van der Waals surface area contributed by atoms with Crippen molar-refractivity contribution in [1.82, 2.24) is 5.32 Å². The Morgan fingerprint density at radius 2 is 2.15 bits per heavy atom. The number of hydrogen-bond donors (Lipinski definition) is 2. The molecule has 0 saturated carbocycles. The van der Waals surface area contributed by atoms with Gasteiger partial charge < -0.3 is 15.2 Å². The summed E-state index contributed by atoms with van der Waals surface area (Å²) in [6, 6.07) is 5.11. The van der Waals surface area contributed by atoms with Crippen molar-refractivity contribution < 1.29 is 19.4 Å². The molecule has 0 aliphatic rings. The number of amides is 1. The maximum atomic E-state index is 10.7. The van der Waals surface area contributed by atoms with Gasteiger partial charge in [-0.3, -0.25) is 9.59 Å². The molecular weight excluding hydrogens is 258 g/mol. The molecule has 0 spiro atoms. The molecular formula is C15H17NO4. The molecule has 0 fully saturated rings. The van der Waals surface area contributed by atoms with E-state index in [0.717, 1.165) is 0 Å². The van der Waals surface area contributed by atoms with Gasteiger partial charge in [0.25, 0.3) is 0 Å². The summed E-state index contributed by atoms with van der Waals surface area (Å²) in [7, 11) is 1.54. The van der Waals surface area contributed by atoms with E-state index in [-0.39, 0.29) is 12.3 Å². The fourth-order valence-electron chi connectivity index (χ4n) is 1.60. The molecule has 0 radical (unpaired) electrons. The van der Waals surface area contributed by atoms with Gasteiger partial charge >= 0.3 is 5.97 Å². The SMILES string of the molecule is COc1ccc(CC(=O)O)cc1C#CCCNC(C)=O. The highest BCUT2D eigenvalue weighted by Gasteiger charge is 2.05. The van der Waals surface area contributed by atoms with Gasteiger partial charge in [0.15, 0.2) is 0 Å². The zero-order valence-corrected chi connectivity index (χ0v) is 11.5. The Morgan fingerprint density at radius 3 is 2.75 bits per heavy atom. The number of benzene rings is 1. The van der Waals surface area contributed by atoms with Crippen LogP contribution in [0.2, 0.25) is 0 Å². The molecule has 1 aromatic carbocycles. The van der Waals surface area contributed by atoms with E-state index in [0.29, 0.717) is 29.8 Å². The number of carbonyl (C=O) groups excluding carboxylic acids is 1. The van der Waals surface area contributed by atoms with Crippen molar-refractivity contribution >= 4 is 11.9 Å². The number of carboxylic acids is 1. The van der Waals surface area contributed by atoms with Crippen molar-refractivity contribution in [2.24, 2.45) is 0 Å². The minimum absolute atomic E-state index is 0.0510. The van der Waals surface area contributed by atoms with Crippen LogP contribution < -0.4 is 10.1 Å². The van der Waals surface area contributed by atoms with Crippen molar-refractivity contribution in [2.45, 2.75) is 19.8 Å². The highest BCUT2D eigenvalue weighted by atomic mass is 16.5. The lowest BCUT2D eigenvalue weighted by Crippen LogP contribution is -2.20. The van der Waals surface area contributed by atoms with Crippen molar-refractivity contribution in [3.8, 4) is 17.6 Å². The summed E-state index contributed by atoms with van der Waals surface area (Å²) in [6.45, 7) is 1.94. The topological polar surface area (TPSA) is 75.6 Å². The molecule has 0 atom stereocenters. The Morgan fingerprint density at radius 1 is 1.40 bits per heavy atom. The average Bonchev–Trinajstić information content (AvgIpc) is 2.37. The standard InChI is InChI=1S/C15H17NO4/c1-11(17)16-8-4-3-5-13-9-12(10-15(18)19)6-7-14(13)20-2/h6-7,9H,4,8,10H2,1-2H3,(H,16,17)(H,18,19). The zero-order valence-electron chi connectivity index (χ0n) is 11.5. The second-order valence-electron chi connectivity index (χ2n) is 4.14. The predicted molar refractivity (Wildman–Crippen MR) is 74.5 cm³/mol. The molecule has 5 heteroatoms. The summed E-state index contributed by atoms with van der Waals surface area (Å²) in [4.78, 5) is 21.4. The molecule has 1 rings (SSSR count). The normalized spacial score (nSPS) is 9.30. The van der Waals surface area contributed by atoms with Gasteiger partial charge in [-0.25, -0.2) is 0 Å². The molecule has 0 bridgehead atoms. The first-order chi connectivity index (χ1) is 9.52. The Balaban J connectivity index is 2.78. The van der Waals surface area contributed by atoms with Gasteiger partial charge in [-0.1, -0.05) is 17.9 Å². The van der Waals surface area contributed by atoms with Crippen LogP contribution in [-0.4, -0.2) is 30.6 Å². The lowest BCUT2D eigenvalue weighted by molar-refractivity contribution is -0.136. The number of carbonyl (C=O) groups is 2. The van der Waals surface area contributed by atoms with E-state index in [9.17, 15) is 9.59 Å². The number of hydrogen-bond acceptors (Lipinski definition) is 3. The van der Waals surface area contributed by atoms with E-state index >= 15 is 0 Å². The molecule has 0 heterocycles. The van der Waals surface area contributed by atoms with Crippen molar-refractivity contribution in [2.75, 3.05) is 13.7 Å². The third kappa shape index (κ3) is 5.44. The van der Waals surface area contributed by atoms with Crippen LogP contribution in [0.1, 0.15) is 24.5 Å². The zero-order chi connectivity index (χ0) is 15.0. The van der Waals surface area contributed by atoms with Gasteiger partial charge in [-0.2, -0.15) is 0 Å². The minimum Gasteiger partial charge on any atom is -0.495 e. The number of aliphatic carboxylic acids is 1. The maximum absolute atomic E-state index is 10.7. The van der Waals surface area contributed by atoms with Crippen LogP contribution in [0.25, 0.3) is 0 Å². The monoisotopic (exact) mass is 275 g/mol. The van der Waals surface area contributed by atoms with E-state index in [2.05, 4.69) is 17.2 Å². The van der Waals surface area contributed by atoms with Gasteiger partial charge in [-0.15, -0.1) is 0 Å². The molecule has 1 amide bonds. The van der Waals surface area contributed by atoms with E-state index in [1.165, 1.54) is 14.0 Å². The van der Waals surface area contributed by atoms with Crippen LogP contribution in [0.4, 0.5) is 0 Å². The summed E-state index contributed by atoms with van der Waals surface area (Å²) in [5.74, 6) is 5.48. The average molecular weight is 275 g/mol. The fourth-order valence-corrected chi connectivity index (χ4v) is 1.60. The van der Waals surface area contributed by atoms with Crippen LogP contribution >= 0.6 is 0 Å². The van der Waals surface area contributed by atoms with Crippen molar-refractivity contribution in [3.05, 3.63) is 29.3 Å². The highest BCUT2D eigenvalue weighted by molar-refractivity contribution is 5.72. The summed E-state index contributed by atoms with van der Waals surface area (Å²) >= 11 is 0. The summed E-state index contributed by atoms with van der Waals surface area (Å²) in [5.41, 5.74) is 1.32. The fraction of sp³-hybridized carbons (Fsp3) is 0.333. The first-order valence-electron chi connectivity index (χ1n) is 6.15. The summed E-state index contributed by atoms with van der Waals surface area (Å²) in [6.07, 6.45) is 0.469. The second-order valence-corrected chi connectivity index (χ2v) is 4.14. The molecule has 0 unspecified atom stereocenters. The quantitative estimate of drug-likeness (QED) is 0.625.